The summed E-state index contributed by atoms with van der Waals surface area (Å²) >= 11 is 0. The highest BCUT2D eigenvalue weighted by Crippen LogP contribution is 2.18. The Balaban J connectivity index is 2.29. The fourth-order valence-corrected chi connectivity index (χ4v) is 2.69. The molecular formula is C10H16N6O2S. The summed E-state index contributed by atoms with van der Waals surface area (Å²) in [6.45, 7) is 4.50. The first-order valence-electron chi connectivity index (χ1n) is 5.79. The van der Waals surface area contributed by atoms with Gasteiger partial charge in [-0.2, -0.15) is 13.5 Å². The lowest BCUT2D eigenvalue weighted by Gasteiger charge is -2.03. The second kappa shape index (κ2) is 4.92. The van der Waals surface area contributed by atoms with E-state index >= 15 is 0 Å². The van der Waals surface area contributed by atoms with Gasteiger partial charge in [0.25, 0.3) is 10.0 Å². The lowest BCUT2D eigenvalue weighted by Crippen LogP contribution is -2.14. The van der Waals surface area contributed by atoms with Gasteiger partial charge >= 0.3 is 0 Å². The van der Waals surface area contributed by atoms with E-state index in [0.717, 1.165) is 13.0 Å². The Morgan fingerprint density at radius 3 is 2.84 bits per heavy atom. The molecule has 2 aromatic heterocycles. The third kappa shape index (κ3) is 2.70. The van der Waals surface area contributed by atoms with Gasteiger partial charge in [-0.25, -0.2) is 4.98 Å². The fourth-order valence-electron chi connectivity index (χ4n) is 1.64. The van der Waals surface area contributed by atoms with E-state index in [1.165, 1.54) is 12.4 Å². The summed E-state index contributed by atoms with van der Waals surface area (Å²) in [4.78, 5) is 4.05. The molecule has 104 valence electrons. The Morgan fingerprint density at radius 1 is 1.53 bits per heavy atom. The fraction of sp³-hybridized carbons (Fsp3) is 0.400. The number of nitrogen functional groups attached to an aromatic ring is 1. The van der Waals surface area contributed by atoms with Crippen LogP contribution in [0.2, 0.25) is 0 Å². The lowest BCUT2D eigenvalue weighted by atomic mass is 10.5. The molecule has 0 aliphatic carbocycles. The Morgan fingerprint density at radius 2 is 2.26 bits per heavy atom. The quantitative estimate of drug-likeness (QED) is 0.747. The minimum absolute atomic E-state index is 0.0348. The molecule has 0 aromatic carbocycles. The van der Waals surface area contributed by atoms with Gasteiger partial charge in [-0.1, -0.05) is 6.92 Å². The number of imidazole rings is 1. The van der Waals surface area contributed by atoms with E-state index in [4.69, 9.17) is 5.73 Å². The van der Waals surface area contributed by atoms with Crippen molar-refractivity contribution in [3.63, 3.8) is 0 Å². The van der Waals surface area contributed by atoms with E-state index in [9.17, 15) is 8.42 Å². The number of anilines is 2. The number of H-pyrrole nitrogens is 1. The third-order valence-electron chi connectivity index (χ3n) is 2.60. The molecule has 9 heteroatoms. The first-order chi connectivity index (χ1) is 8.94. The highest BCUT2D eigenvalue weighted by Gasteiger charge is 2.20. The normalized spacial score (nSPS) is 11.7. The molecule has 0 amide bonds. The summed E-state index contributed by atoms with van der Waals surface area (Å²) in [7, 11) is -3.76. The van der Waals surface area contributed by atoms with Crippen molar-refractivity contribution in [1.29, 1.82) is 0 Å². The number of nitrogens with one attached hydrogen (secondary N) is 2. The Hall–Kier alpha value is -2.03. The number of hydrogen-bond donors (Lipinski definition) is 3. The van der Waals surface area contributed by atoms with Gasteiger partial charge in [-0.05, 0) is 13.3 Å². The summed E-state index contributed by atoms with van der Waals surface area (Å²) in [6.07, 6.45) is 3.74. The van der Waals surface area contributed by atoms with Gasteiger partial charge in [0.05, 0.1) is 11.9 Å². The standard InChI is InChI=1S/C10H16N6O2S/c1-3-4-16-6-9(13-7(16)2)19(17,18)15-10-8(11)5-12-14-10/h5-6H,3-4,11H2,1-2H3,(H2,12,14,15). The molecule has 2 rings (SSSR count). The number of aryl methyl sites for hydroxylation is 2. The van der Waals surface area contributed by atoms with Gasteiger partial charge in [0, 0.05) is 12.7 Å². The van der Waals surface area contributed by atoms with Crippen LogP contribution in [0.3, 0.4) is 0 Å². The maximum absolute atomic E-state index is 12.1. The molecular weight excluding hydrogens is 268 g/mol. The maximum atomic E-state index is 12.1. The van der Waals surface area contributed by atoms with Crippen LogP contribution >= 0.6 is 0 Å². The maximum Gasteiger partial charge on any atom is 0.282 e. The molecule has 0 fully saturated rings. The second-order valence-electron chi connectivity index (χ2n) is 4.13. The van der Waals surface area contributed by atoms with Gasteiger partial charge in [-0.3, -0.25) is 9.82 Å². The molecule has 0 saturated heterocycles. The number of hydrogen-bond acceptors (Lipinski definition) is 5. The molecule has 2 aromatic rings. The average Bonchev–Trinajstić information content (AvgIpc) is 2.88. The zero-order valence-corrected chi connectivity index (χ0v) is 11.5. The van der Waals surface area contributed by atoms with E-state index in [-0.39, 0.29) is 16.5 Å². The van der Waals surface area contributed by atoms with Gasteiger partial charge in [0.15, 0.2) is 10.8 Å². The number of nitrogens with zero attached hydrogens (tertiary/aromatic N) is 3. The molecule has 2 heterocycles. The summed E-state index contributed by atoms with van der Waals surface area (Å²) in [5, 5.41) is 6.09. The summed E-state index contributed by atoms with van der Waals surface area (Å²) in [5.74, 6) is 0.794. The molecule has 0 atom stereocenters. The van der Waals surface area contributed by atoms with Crippen LogP contribution in [0.4, 0.5) is 11.5 Å². The first kappa shape index (κ1) is 13.4. The molecule has 19 heavy (non-hydrogen) atoms. The highest BCUT2D eigenvalue weighted by atomic mass is 32.2. The molecule has 8 nitrogen and oxygen atoms in total. The first-order valence-corrected chi connectivity index (χ1v) is 7.27. The molecule has 4 N–H and O–H groups in total. The number of aromatic amines is 1. The van der Waals surface area contributed by atoms with Crippen LogP contribution in [0.25, 0.3) is 0 Å². The van der Waals surface area contributed by atoms with E-state index in [1.807, 2.05) is 6.92 Å². The van der Waals surface area contributed by atoms with Crippen molar-refractivity contribution in [2.24, 2.45) is 0 Å². The monoisotopic (exact) mass is 284 g/mol. The van der Waals surface area contributed by atoms with Gasteiger partial charge in [0.2, 0.25) is 0 Å². The van der Waals surface area contributed by atoms with Gasteiger partial charge < -0.3 is 10.3 Å². The number of rotatable bonds is 5. The topological polar surface area (TPSA) is 119 Å². The third-order valence-corrected chi connectivity index (χ3v) is 3.82. The van der Waals surface area contributed by atoms with Crippen molar-refractivity contribution in [3.05, 3.63) is 18.2 Å². The molecule has 0 aliphatic rings. The average molecular weight is 284 g/mol. The van der Waals surface area contributed by atoms with Crippen LogP contribution in [0.5, 0.6) is 0 Å². The smallest absolute Gasteiger partial charge is 0.282 e. The van der Waals surface area contributed by atoms with Crippen LogP contribution in [0, 0.1) is 6.92 Å². The second-order valence-corrected chi connectivity index (χ2v) is 5.75. The van der Waals surface area contributed by atoms with Crippen molar-refractivity contribution in [1.82, 2.24) is 19.7 Å². The largest absolute Gasteiger partial charge is 0.394 e. The molecule has 0 unspecified atom stereocenters. The minimum atomic E-state index is -3.76. The summed E-state index contributed by atoms with van der Waals surface area (Å²) < 4.78 is 28.4. The number of aromatic nitrogens is 4. The molecule has 0 aliphatic heterocycles. The Kier molecular flexibility index (Phi) is 3.47. The molecule has 0 saturated carbocycles. The van der Waals surface area contributed by atoms with Crippen molar-refractivity contribution in [2.75, 3.05) is 10.5 Å². The predicted molar refractivity (Wildman–Crippen MR) is 71.1 cm³/mol. The van der Waals surface area contributed by atoms with Crippen molar-refractivity contribution < 1.29 is 8.42 Å². The van der Waals surface area contributed by atoms with Gasteiger partial charge in [-0.15, -0.1) is 0 Å². The van der Waals surface area contributed by atoms with Crippen molar-refractivity contribution in [3.8, 4) is 0 Å². The SMILES string of the molecule is CCCn1cc(S(=O)(=O)Nc2[nH]ncc2N)nc1C. The van der Waals surface area contributed by atoms with Crippen LogP contribution in [-0.4, -0.2) is 28.2 Å². The van der Waals surface area contributed by atoms with Gasteiger partial charge in [0.1, 0.15) is 5.82 Å². The van der Waals surface area contributed by atoms with Crippen molar-refractivity contribution in [2.45, 2.75) is 31.8 Å². The predicted octanol–water partition coefficient (Wildman–Crippen LogP) is 0.708. The molecule has 0 spiro atoms. The summed E-state index contributed by atoms with van der Waals surface area (Å²) in [6, 6.07) is 0. The van der Waals surface area contributed by atoms with Crippen LogP contribution in [0.1, 0.15) is 19.2 Å². The van der Waals surface area contributed by atoms with Crippen LogP contribution in [0.15, 0.2) is 17.4 Å². The zero-order valence-electron chi connectivity index (χ0n) is 10.7. The van der Waals surface area contributed by atoms with Crippen LogP contribution in [-0.2, 0) is 16.6 Å². The minimum Gasteiger partial charge on any atom is -0.394 e. The van der Waals surface area contributed by atoms with E-state index in [0.29, 0.717) is 5.82 Å². The highest BCUT2D eigenvalue weighted by molar-refractivity contribution is 7.92. The van der Waals surface area contributed by atoms with E-state index in [2.05, 4.69) is 19.9 Å². The summed E-state index contributed by atoms with van der Waals surface area (Å²) in [5.41, 5.74) is 5.79. The number of nitrogens with two attached hydrogens (primary N) is 1. The van der Waals surface area contributed by atoms with Crippen LogP contribution < -0.4 is 10.5 Å². The number of sulfonamides is 1. The van der Waals surface area contributed by atoms with Crippen molar-refractivity contribution >= 4 is 21.5 Å². The lowest BCUT2D eigenvalue weighted by molar-refractivity contribution is 0.597. The van der Waals surface area contributed by atoms with E-state index in [1.54, 1.807) is 11.5 Å². The molecule has 0 radical (unpaired) electrons. The zero-order chi connectivity index (χ0) is 14.0. The Labute approximate surface area is 111 Å². The Bertz CT molecular complexity index is 672. The van der Waals surface area contributed by atoms with E-state index < -0.39 is 10.0 Å². The molecule has 0 bridgehead atoms.